The number of carbonyl (C=O) groups excluding carboxylic acids is 1. The molecule has 0 aliphatic heterocycles. The van der Waals surface area contributed by atoms with E-state index in [-0.39, 0.29) is 21.9 Å². The molecule has 0 bridgehead atoms. The summed E-state index contributed by atoms with van der Waals surface area (Å²) in [6.45, 7) is 1.85. The number of benzene rings is 1. The van der Waals surface area contributed by atoms with E-state index in [1.807, 2.05) is 6.92 Å². The Hall–Kier alpha value is -3.01. The Morgan fingerprint density at radius 3 is 2.57 bits per heavy atom. The van der Waals surface area contributed by atoms with Gasteiger partial charge in [-0.2, -0.15) is 13.5 Å². The van der Waals surface area contributed by atoms with Gasteiger partial charge in [-0.15, -0.1) is 4.09 Å². The van der Waals surface area contributed by atoms with Crippen LogP contribution in [0.2, 0.25) is 0 Å². The van der Waals surface area contributed by atoms with Gasteiger partial charge in [0.2, 0.25) is 5.88 Å². The first-order valence-corrected chi connectivity index (χ1v) is 7.82. The molecule has 1 amide bonds. The first-order valence-electron chi connectivity index (χ1n) is 6.38. The van der Waals surface area contributed by atoms with Gasteiger partial charge in [0.05, 0.1) is 17.3 Å². The number of nitrogens with two attached hydrogens (primary N) is 1. The predicted octanol–water partition coefficient (Wildman–Crippen LogP) is 0.829. The lowest BCUT2D eigenvalue weighted by Crippen LogP contribution is -2.17. The summed E-state index contributed by atoms with van der Waals surface area (Å²) in [6.07, 6.45) is 1.26. The van der Waals surface area contributed by atoms with Crippen LogP contribution in [-0.4, -0.2) is 33.7 Å². The summed E-state index contributed by atoms with van der Waals surface area (Å²) in [5.74, 6) is -0.141. The normalized spacial score (nSPS) is 11.5. The van der Waals surface area contributed by atoms with E-state index in [4.69, 9.17) is 5.73 Å². The van der Waals surface area contributed by atoms with E-state index < -0.39 is 16.1 Å². The van der Waals surface area contributed by atoms with Gasteiger partial charge in [-0.1, -0.05) is 17.7 Å². The summed E-state index contributed by atoms with van der Waals surface area (Å²) in [5.41, 5.74) is 5.99. The largest absolute Gasteiger partial charge is 0.411 e. The van der Waals surface area contributed by atoms with Gasteiger partial charge >= 0.3 is 6.09 Å². The lowest BCUT2D eigenvalue weighted by Gasteiger charge is -2.05. The van der Waals surface area contributed by atoms with Crippen LogP contribution in [0.25, 0.3) is 11.2 Å². The maximum atomic E-state index is 12.6. The number of aryl methyl sites for hydroxylation is 1. The molecule has 1 aromatic carbocycles. The Bertz CT molecular complexity index is 995. The fourth-order valence-corrected chi connectivity index (χ4v) is 3.13. The van der Waals surface area contributed by atoms with Crippen LogP contribution >= 0.6 is 0 Å². The van der Waals surface area contributed by atoms with Crippen molar-refractivity contribution in [3.8, 4) is 5.88 Å². The molecule has 9 nitrogen and oxygen atoms in total. The van der Waals surface area contributed by atoms with Crippen molar-refractivity contribution in [2.75, 3.05) is 0 Å². The number of hydrogen-bond acceptors (Lipinski definition) is 7. The molecule has 3 rings (SSSR count). The highest BCUT2D eigenvalue weighted by atomic mass is 32.2. The third kappa shape index (κ3) is 2.71. The first-order chi connectivity index (χ1) is 10.9. The molecule has 0 fully saturated rings. The van der Waals surface area contributed by atoms with Crippen molar-refractivity contribution in [1.82, 2.24) is 19.2 Å². The molecule has 0 saturated carbocycles. The van der Waals surface area contributed by atoms with Crippen molar-refractivity contribution in [3.05, 3.63) is 42.2 Å². The predicted molar refractivity (Wildman–Crippen MR) is 79.3 cm³/mol. The number of aromatic nitrogens is 4. The molecule has 0 aliphatic carbocycles. The van der Waals surface area contributed by atoms with E-state index in [0.29, 0.717) is 0 Å². The highest BCUT2D eigenvalue weighted by Gasteiger charge is 2.22. The van der Waals surface area contributed by atoms with Crippen molar-refractivity contribution in [2.45, 2.75) is 11.8 Å². The number of primary amides is 1. The van der Waals surface area contributed by atoms with Crippen molar-refractivity contribution in [3.63, 3.8) is 0 Å². The molecule has 0 atom stereocenters. The Kier molecular flexibility index (Phi) is 3.45. The van der Waals surface area contributed by atoms with Gasteiger partial charge in [-0.25, -0.2) is 14.8 Å². The van der Waals surface area contributed by atoms with Crippen LogP contribution in [0.3, 0.4) is 0 Å². The van der Waals surface area contributed by atoms with Crippen LogP contribution in [0.5, 0.6) is 5.88 Å². The van der Waals surface area contributed by atoms with E-state index in [0.717, 1.165) is 15.8 Å². The zero-order valence-electron chi connectivity index (χ0n) is 11.9. The maximum Gasteiger partial charge on any atom is 0.411 e. The maximum absolute atomic E-state index is 12.6. The zero-order valence-corrected chi connectivity index (χ0v) is 12.7. The van der Waals surface area contributed by atoms with E-state index in [1.165, 1.54) is 18.3 Å². The quantitative estimate of drug-likeness (QED) is 0.751. The standard InChI is InChI=1S/C13H11N5O4S/c1-8-2-4-9(5-3-8)23(20,21)18-12-10(6-16-18)17-11(7-15-12)22-13(14)19/h2-7H,1H3,(H2,14,19). The second-order valence-electron chi connectivity index (χ2n) is 4.64. The Morgan fingerprint density at radius 1 is 1.22 bits per heavy atom. The number of ether oxygens (including phenoxy) is 1. The lowest BCUT2D eigenvalue weighted by molar-refractivity contribution is 0.209. The summed E-state index contributed by atoms with van der Waals surface area (Å²) in [4.78, 5) is 18.6. The summed E-state index contributed by atoms with van der Waals surface area (Å²) >= 11 is 0. The number of carbonyl (C=O) groups is 1. The number of fused-ring (bicyclic) bond motifs is 1. The highest BCUT2D eigenvalue weighted by molar-refractivity contribution is 7.90. The van der Waals surface area contributed by atoms with Crippen molar-refractivity contribution in [2.24, 2.45) is 5.73 Å². The third-order valence-electron chi connectivity index (χ3n) is 2.97. The van der Waals surface area contributed by atoms with E-state index >= 15 is 0 Å². The van der Waals surface area contributed by atoms with E-state index in [2.05, 4.69) is 19.8 Å². The number of amides is 1. The molecule has 0 radical (unpaired) electrons. The number of hydrogen-bond donors (Lipinski definition) is 1. The molecule has 2 heterocycles. The zero-order chi connectivity index (χ0) is 16.6. The molecule has 23 heavy (non-hydrogen) atoms. The lowest BCUT2D eigenvalue weighted by atomic mass is 10.2. The topological polar surface area (TPSA) is 130 Å². The average molecular weight is 333 g/mol. The minimum Gasteiger partial charge on any atom is -0.390 e. The number of rotatable bonds is 3. The summed E-state index contributed by atoms with van der Waals surface area (Å²) < 4.78 is 30.6. The average Bonchev–Trinajstić information content (AvgIpc) is 2.91. The molecule has 0 spiro atoms. The smallest absolute Gasteiger partial charge is 0.390 e. The molecule has 0 aliphatic rings. The van der Waals surface area contributed by atoms with Gasteiger partial charge in [0.15, 0.2) is 5.65 Å². The van der Waals surface area contributed by atoms with Gasteiger partial charge in [0, 0.05) is 0 Å². The molecule has 10 heteroatoms. The fraction of sp³-hybridized carbons (Fsp3) is 0.0769. The van der Waals surface area contributed by atoms with Crippen LogP contribution in [0.1, 0.15) is 5.56 Å². The van der Waals surface area contributed by atoms with Crippen LogP contribution in [0.4, 0.5) is 4.79 Å². The molecule has 0 unspecified atom stereocenters. The van der Waals surface area contributed by atoms with Crippen LogP contribution in [0.15, 0.2) is 41.6 Å². The fourth-order valence-electron chi connectivity index (χ4n) is 1.91. The third-order valence-corrected chi connectivity index (χ3v) is 4.57. The summed E-state index contributed by atoms with van der Waals surface area (Å²) in [5, 5.41) is 3.82. The Labute approximate surface area is 130 Å². The second kappa shape index (κ2) is 5.32. The summed E-state index contributed by atoms with van der Waals surface area (Å²) in [6, 6.07) is 6.33. The molecule has 3 aromatic rings. The molecular weight excluding hydrogens is 322 g/mol. The van der Waals surface area contributed by atoms with Crippen LogP contribution < -0.4 is 10.5 Å². The molecular formula is C13H11N5O4S. The van der Waals surface area contributed by atoms with Gasteiger partial charge in [0.25, 0.3) is 10.0 Å². The van der Waals surface area contributed by atoms with E-state index in [1.54, 1.807) is 12.1 Å². The Balaban J connectivity index is 2.09. The van der Waals surface area contributed by atoms with Gasteiger partial charge in [-0.3, -0.25) is 0 Å². The minimum absolute atomic E-state index is 0.0161. The highest BCUT2D eigenvalue weighted by Crippen LogP contribution is 2.19. The molecule has 2 aromatic heterocycles. The molecule has 118 valence electrons. The van der Waals surface area contributed by atoms with Crippen molar-refractivity contribution in [1.29, 1.82) is 0 Å². The monoisotopic (exact) mass is 333 g/mol. The molecule has 2 N–H and O–H groups in total. The molecule has 0 saturated heterocycles. The second-order valence-corrected chi connectivity index (χ2v) is 6.41. The van der Waals surface area contributed by atoms with Gasteiger partial charge < -0.3 is 10.5 Å². The van der Waals surface area contributed by atoms with Crippen LogP contribution in [-0.2, 0) is 10.0 Å². The summed E-state index contributed by atoms with van der Waals surface area (Å²) in [7, 11) is -3.90. The van der Waals surface area contributed by atoms with Gasteiger partial charge in [0.1, 0.15) is 5.52 Å². The minimum atomic E-state index is -3.90. The van der Waals surface area contributed by atoms with E-state index in [9.17, 15) is 13.2 Å². The van der Waals surface area contributed by atoms with Crippen molar-refractivity contribution < 1.29 is 17.9 Å². The van der Waals surface area contributed by atoms with Crippen LogP contribution in [0, 0.1) is 6.92 Å². The Morgan fingerprint density at radius 2 is 1.91 bits per heavy atom. The van der Waals surface area contributed by atoms with Crippen molar-refractivity contribution >= 4 is 27.3 Å². The first kappa shape index (κ1) is 14.9. The number of nitrogens with zero attached hydrogens (tertiary/aromatic N) is 4. The van der Waals surface area contributed by atoms with Gasteiger partial charge in [-0.05, 0) is 19.1 Å². The SMILES string of the molecule is Cc1ccc(S(=O)(=O)n2ncc3nc(OC(N)=O)cnc32)cc1.